The van der Waals surface area contributed by atoms with Crippen molar-refractivity contribution in [3.63, 3.8) is 0 Å². The highest BCUT2D eigenvalue weighted by molar-refractivity contribution is 9.10. The average Bonchev–Trinajstić information content (AvgIpc) is 2.22. The molecular weight excluding hydrogens is 254 g/mol. The van der Waals surface area contributed by atoms with Gasteiger partial charge in [0.15, 0.2) is 0 Å². The first kappa shape index (κ1) is 11.1. The highest BCUT2D eigenvalue weighted by Gasteiger charge is 2.27. The molecule has 0 aliphatic carbocycles. The van der Waals surface area contributed by atoms with Crippen LogP contribution >= 0.6 is 15.9 Å². The molecule has 0 atom stereocenters. The highest BCUT2D eigenvalue weighted by atomic mass is 79.9. The van der Waals surface area contributed by atoms with Crippen molar-refractivity contribution in [3.05, 3.63) is 34.3 Å². The zero-order valence-corrected chi connectivity index (χ0v) is 10.3. The molecule has 1 fully saturated rings. The summed E-state index contributed by atoms with van der Waals surface area (Å²) < 4.78 is 6.45. The smallest absolute Gasteiger partial charge is 0.0483 e. The lowest BCUT2D eigenvalue weighted by atomic mass is 9.85. The summed E-state index contributed by atoms with van der Waals surface area (Å²) in [7, 11) is 0. The summed E-state index contributed by atoms with van der Waals surface area (Å²) in [4.78, 5) is 0. The van der Waals surface area contributed by atoms with Gasteiger partial charge in [0.1, 0.15) is 0 Å². The van der Waals surface area contributed by atoms with Crippen molar-refractivity contribution in [1.29, 1.82) is 0 Å². The Bertz CT molecular complexity index is 317. The molecule has 15 heavy (non-hydrogen) atoms. The largest absolute Gasteiger partial charge is 0.381 e. The molecule has 1 aromatic carbocycles. The van der Waals surface area contributed by atoms with Crippen LogP contribution in [0.5, 0.6) is 0 Å². The van der Waals surface area contributed by atoms with Crippen LogP contribution in [0.25, 0.3) is 0 Å². The second kappa shape index (κ2) is 4.64. The summed E-state index contributed by atoms with van der Waals surface area (Å²) >= 11 is 3.43. The summed E-state index contributed by atoms with van der Waals surface area (Å²) in [6, 6.07) is 8.40. The summed E-state index contributed by atoms with van der Waals surface area (Å²) in [6.07, 6.45) is 2.87. The van der Waals surface area contributed by atoms with Gasteiger partial charge in [-0.3, -0.25) is 0 Å². The average molecular weight is 270 g/mol. The van der Waals surface area contributed by atoms with E-state index in [2.05, 4.69) is 40.2 Å². The number of nitrogens with two attached hydrogens (primary N) is 1. The van der Waals surface area contributed by atoms with E-state index in [4.69, 9.17) is 10.5 Å². The predicted molar refractivity (Wildman–Crippen MR) is 64.8 cm³/mol. The Hall–Kier alpha value is -0.380. The van der Waals surface area contributed by atoms with Crippen molar-refractivity contribution in [1.82, 2.24) is 0 Å². The van der Waals surface area contributed by atoms with E-state index in [1.54, 1.807) is 0 Å². The fourth-order valence-corrected chi connectivity index (χ4v) is 2.23. The van der Waals surface area contributed by atoms with E-state index in [-0.39, 0.29) is 5.54 Å². The molecule has 0 amide bonds. The molecule has 0 unspecified atom stereocenters. The van der Waals surface area contributed by atoms with Gasteiger partial charge in [0.05, 0.1) is 0 Å². The van der Waals surface area contributed by atoms with Crippen LogP contribution in [0, 0.1) is 0 Å². The van der Waals surface area contributed by atoms with E-state index in [1.807, 2.05) is 0 Å². The molecule has 1 aromatic rings. The maximum Gasteiger partial charge on any atom is 0.0483 e. The number of halogens is 1. The second-order valence-electron chi connectivity index (χ2n) is 4.28. The van der Waals surface area contributed by atoms with Crippen LogP contribution in [0.3, 0.4) is 0 Å². The molecule has 82 valence electrons. The Morgan fingerprint density at radius 1 is 1.20 bits per heavy atom. The Balaban J connectivity index is 2.03. The zero-order valence-electron chi connectivity index (χ0n) is 8.71. The van der Waals surface area contributed by atoms with Crippen molar-refractivity contribution in [2.24, 2.45) is 5.73 Å². The first-order valence-corrected chi connectivity index (χ1v) is 6.08. The molecular formula is C12H16BrNO. The number of benzene rings is 1. The van der Waals surface area contributed by atoms with E-state index in [0.717, 1.165) is 36.9 Å². The number of rotatable bonds is 2. The van der Waals surface area contributed by atoms with E-state index >= 15 is 0 Å². The van der Waals surface area contributed by atoms with Crippen molar-refractivity contribution < 1.29 is 4.74 Å². The van der Waals surface area contributed by atoms with Gasteiger partial charge in [-0.25, -0.2) is 0 Å². The van der Waals surface area contributed by atoms with Crippen molar-refractivity contribution >= 4 is 15.9 Å². The van der Waals surface area contributed by atoms with E-state index in [1.165, 1.54) is 5.56 Å². The van der Waals surface area contributed by atoms with Gasteiger partial charge in [-0.15, -0.1) is 0 Å². The molecule has 1 saturated heterocycles. The lowest BCUT2D eigenvalue weighted by Gasteiger charge is -2.33. The molecule has 1 aliphatic rings. The second-order valence-corrected chi connectivity index (χ2v) is 5.19. The zero-order chi connectivity index (χ0) is 10.7. The Kier molecular flexibility index (Phi) is 3.44. The van der Waals surface area contributed by atoms with Crippen LogP contribution in [0.1, 0.15) is 18.4 Å². The van der Waals surface area contributed by atoms with Crippen LogP contribution in [-0.2, 0) is 11.2 Å². The first-order valence-electron chi connectivity index (χ1n) is 5.29. The van der Waals surface area contributed by atoms with Gasteiger partial charge < -0.3 is 10.5 Å². The quantitative estimate of drug-likeness (QED) is 0.896. The van der Waals surface area contributed by atoms with Crippen molar-refractivity contribution in [3.8, 4) is 0 Å². The van der Waals surface area contributed by atoms with E-state index in [9.17, 15) is 0 Å². The molecule has 2 rings (SSSR count). The highest BCUT2D eigenvalue weighted by Crippen LogP contribution is 2.23. The maximum absolute atomic E-state index is 6.34. The SMILES string of the molecule is NC1(Cc2ccc(Br)cc2)CCOCC1. The minimum absolute atomic E-state index is 0.0634. The standard InChI is InChI=1S/C12H16BrNO/c13-11-3-1-10(2-4-11)9-12(14)5-7-15-8-6-12/h1-4H,5-9,14H2. The van der Waals surface area contributed by atoms with Gasteiger partial charge in [0, 0.05) is 23.2 Å². The molecule has 1 heterocycles. The van der Waals surface area contributed by atoms with Gasteiger partial charge in [0.2, 0.25) is 0 Å². The molecule has 1 aliphatic heterocycles. The molecule has 0 spiro atoms. The maximum atomic E-state index is 6.34. The van der Waals surface area contributed by atoms with Crippen LogP contribution in [0.2, 0.25) is 0 Å². The third kappa shape index (κ3) is 3.03. The molecule has 3 heteroatoms. The monoisotopic (exact) mass is 269 g/mol. The summed E-state index contributed by atoms with van der Waals surface area (Å²) in [5.74, 6) is 0. The lowest BCUT2D eigenvalue weighted by Crippen LogP contribution is -2.46. The Labute approximate surface area is 98.9 Å². The molecule has 0 bridgehead atoms. The predicted octanol–water partition coefficient (Wildman–Crippen LogP) is 2.50. The molecule has 0 radical (unpaired) electrons. The van der Waals surface area contributed by atoms with Gasteiger partial charge in [-0.05, 0) is 37.0 Å². The summed E-state index contributed by atoms with van der Waals surface area (Å²) in [5, 5.41) is 0. The molecule has 0 aromatic heterocycles. The van der Waals surface area contributed by atoms with Crippen LogP contribution in [-0.4, -0.2) is 18.8 Å². The fraction of sp³-hybridized carbons (Fsp3) is 0.500. The van der Waals surface area contributed by atoms with Crippen molar-refractivity contribution in [2.45, 2.75) is 24.8 Å². The summed E-state index contributed by atoms with van der Waals surface area (Å²) in [6.45, 7) is 1.60. The number of hydrogen-bond donors (Lipinski definition) is 1. The third-order valence-corrected chi connectivity index (χ3v) is 3.49. The van der Waals surface area contributed by atoms with Gasteiger partial charge >= 0.3 is 0 Å². The van der Waals surface area contributed by atoms with Crippen molar-refractivity contribution in [2.75, 3.05) is 13.2 Å². The van der Waals surface area contributed by atoms with Gasteiger partial charge in [-0.1, -0.05) is 28.1 Å². The molecule has 2 N–H and O–H groups in total. The summed E-state index contributed by atoms with van der Waals surface area (Å²) in [5.41, 5.74) is 7.58. The Morgan fingerprint density at radius 2 is 1.80 bits per heavy atom. The molecule has 2 nitrogen and oxygen atoms in total. The van der Waals surface area contributed by atoms with Crippen LogP contribution in [0.15, 0.2) is 28.7 Å². The number of hydrogen-bond acceptors (Lipinski definition) is 2. The topological polar surface area (TPSA) is 35.2 Å². The Morgan fingerprint density at radius 3 is 2.40 bits per heavy atom. The van der Waals surface area contributed by atoms with E-state index < -0.39 is 0 Å². The minimum atomic E-state index is -0.0634. The van der Waals surface area contributed by atoms with Gasteiger partial charge in [0.25, 0.3) is 0 Å². The van der Waals surface area contributed by atoms with Crippen LogP contribution in [0.4, 0.5) is 0 Å². The third-order valence-electron chi connectivity index (χ3n) is 2.96. The normalized spacial score (nSPS) is 20.1. The lowest BCUT2D eigenvalue weighted by molar-refractivity contribution is 0.0533. The van der Waals surface area contributed by atoms with Crippen LogP contribution < -0.4 is 5.73 Å². The van der Waals surface area contributed by atoms with Gasteiger partial charge in [-0.2, -0.15) is 0 Å². The molecule has 0 saturated carbocycles. The first-order chi connectivity index (χ1) is 7.18. The minimum Gasteiger partial charge on any atom is -0.381 e. The van der Waals surface area contributed by atoms with E-state index in [0.29, 0.717) is 0 Å². The number of ether oxygens (including phenoxy) is 1. The fourth-order valence-electron chi connectivity index (χ4n) is 1.96.